The van der Waals surface area contributed by atoms with Crippen LogP contribution in [0.4, 0.5) is 0 Å². The number of nitrogens with zero attached hydrogens (tertiary/aromatic N) is 5. The second kappa shape index (κ2) is 5.75. The second-order valence-corrected chi connectivity index (χ2v) is 5.63. The lowest BCUT2D eigenvalue weighted by molar-refractivity contribution is 0.0693. The number of ether oxygens (including phenoxy) is 1. The molecule has 7 nitrogen and oxygen atoms in total. The number of tetrazole rings is 1. The highest BCUT2D eigenvalue weighted by atomic mass is 16.5. The van der Waals surface area contributed by atoms with Crippen LogP contribution in [-0.2, 0) is 0 Å². The maximum absolute atomic E-state index is 12.8. The van der Waals surface area contributed by atoms with Crippen LogP contribution in [0.3, 0.4) is 0 Å². The molecule has 3 rings (SSSR count). The number of amides is 1. The molecule has 1 aromatic carbocycles. The van der Waals surface area contributed by atoms with Gasteiger partial charge in [0.2, 0.25) is 0 Å². The van der Waals surface area contributed by atoms with Crippen LogP contribution in [0.2, 0.25) is 0 Å². The molecule has 1 fully saturated rings. The lowest BCUT2D eigenvalue weighted by Crippen LogP contribution is -2.38. The van der Waals surface area contributed by atoms with Gasteiger partial charge in [0, 0.05) is 17.6 Å². The number of aromatic nitrogens is 4. The Bertz CT molecular complexity index is 661. The zero-order valence-electron chi connectivity index (χ0n) is 12.9. The number of rotatable bonds is 3. The summed E-state index contributed by atoms with van der Waals surface area (Å²) in [6.45, 7) is 4.18. The fourth-order valence-corrected chi connectivity index (χ4v) is 3.02. The van der Waals surface area contributed by atoms with Gasteiger partial charge in [0.1, 0.15) is 17.8 Å². The van der Waals surface area contributed by atoms with Gasteiger partial charge in [-0.15, -0.1) is 5.10 Å². The molecule has 0 radical (unpaired) electrons. The summed E-state index contributed by atoms with van der Waals surface area (Å²) in [6, 6.07) is 5.86. The molecule has 0 unspecified atom stereocenters. The van der Waals surface area contributed by atoms with Crippen molar-refractivity contribution >= 4 is 5.91 Å². The minimum atomic E-state index is 0.0366. The molecular weight excluding hydrogens is 282 g/mol. The Morgan fingerprint density at radius 1 is 1.27 bits per heavy atom. The topological polar surface area (TPSA) is 73.1 Å². The molecule has 22 heavy (non-hydrogen) atoms. The summed E-state index contributed by atoms with van der Waals surface area (Å²) in [5, 5.41) is 11.1. The lowest BCUT2D eigenvalue weighted by atomic mass is 10.1. The van der Waals surface area contributed by atoms with E-state index in [0.717, 1.165) is 12.8 Å². The quantitative estimate of drug-likeness (QED) is 0.862. The predicted octanol–water partition coefficient (Wildman–Crippen LogP) is 1.68. The van der Waals surface area contributed by atoms with Crippen molar-refractivity contribution in [3.63, 3.8) is 0 Å². The van der Waals surface area contributed by atoms with Crippen LogP contribution in [0, 0.1) is 0 Å². The van der Waals surface area contributed by atoms with E-state index in [-0.39, 0.29) is 18.0 Å². The van der Waals surface area contributed by atoms with Crippen LogP contribution >= 0.6 is 0 Å². The van der Waals surface area contributed by atoms with Gasteiger partial charge in [-0.25, -0.2) is 0 Å². The fraction of sp³-hybridized carbons (Fsp3) is 0.467. The van der Waals surface area contributed by atoms with Crippen molar-refractivity contribution in [2.24, 2.45) is 0 Å². The number of hydrogen-bond acceptors (Lipinski definition) is 5. The molecule has 0 N–H and O–H groups in total. The van der Waals surface area contributed by atoms with E-state index in [9.17, 15) is 4.79 Å². The summed E-state index contributed by atoms with van der Waals surface area (Å²) >= 11 is 0. The van der Waals surface area contributed by atoms with Crippen LogP contribution in [0.25, 0.3) is 5.69 Å². The Morgan fingerprint density at radius 3 is 2.59 bits per heavy atom. The van der Waals surface area contributed by atoms with Gasteiger partial charge < -0.3 is 9.64 Å². The number of carbonyl (C=O) groups excluding carboxylic acids is 1. The Balaban J connectivity index is 1.98. The van der Waals surface area contributed by atoms with Gasteiger partial charge in [-0.05, 0) is 55.3 Å². The van der Waals surface area contributed by atoms with Gasteiger partial charge in [-0.2, -0.15) is 4.68 Å². The molecule has 1 saturated heterocycles. The SMILES string of the molecule is COc1ccc(C(=O)N2[C@@H](C)CC[C@@H]2C)cc1-n1cnnn1. The molecule has 0 spiro atoms. The second-order valence-electron chi connectivity index (χ2n) is 5.63. The van der Waals surface area contributed by atoms with E-state index in [1.165, 1.54) is 11.0 Å². The molecule has 0 bridgehead atoms. The van der Waals surface area contributed by atoms with Crippen molar-refractivity contribution < 1.29 is 9.53 Å². The van der Waals surface area contributed by atoms with E-state index in [1.54, 1.807) is 25.3 Å². The molecule has 2 heterocycles. The van der Waals surface area contributed by atoms with Gasteiger partial charge in [0.25, 0.3) is 5.91 Å². The molecule has 116 valence electrons. The average Bonchev–Trinajstić information content (AvgIpc) is 3.16. The maximum atomic E-state index is 12.8. The first-order chi connectivity index (χ1) is 10.6. The zero-order chi connectivity index (χ0) is 15.7. The summed E-state index contributed by atoms with van der Waals surface area (Å²) in [7, 11) is 1.58. The van der Waals surface area contributed by atoms with Crippen molar-refractivity contribution in [2.75, 3.05) is 7.11 Å². The number of hydrogen-bond donors (Lipinski definition) is 0. The first kappa shape index (κ1) is 14.5. The van der Waals surface area contributed by atoms with Crippen molar-refractivity contribution in [2.45, 2.75) is 38.8 Å². The third-order valence-electron chi connectivity index (χ3n) is 4.21. The first-order valence-corrected chi connectivity index (χ1v) is 7.36. The lowest BCUT2D eigenvalue weighted by Gasteiger charge is -2.26. The largest absolute Gasteiger partial charge is 0.494 e. The summed E-state index contributed by atoms with van der Waals surface area (Å²) in [5.74, 6) is 0.654. The predicted molar refractivity (Wildman–Crippen MR) is 80.0 cm³/mol. The fourth-order valence-electron chi connectivity index (χ4n) is 3.02. The summed E-state index contributed by atoms with van der Waals surface area (Å²) in [5.41, 5.74) is 1.27. The van der Waals surface area contributed by atoms with Gasteiger partial charge in [0.15, 0.2) is 0 Å². The van der Waals surface area contributed by atoms with E-state index >= 15 is 0 Å². The van der Waals surface area contributed by atoms with Gasteiger partial charge in [-0.3, -0.25) is 4.79 Å². The smallest absolute Gasteiger partial charge is 0.254 e. The molecule has 1 aromatic heterocycles. The normalized spacial score (nSPS) is 21.1. The van der Waals surface area contributed by atoms with Crippen LogP contribution in [-0.4, -0.2) is 50.2 Å². The molecule has 2 atom stereocenters. The van der Waals surface area contributed by atoms with Crippen LogP contribution in [0.5, 0.6) is 5.75 Å². The molecule has 1 aliphatic rings. The van der Waals surface area contributed by atoms with Crippen molar-refractivity contribution in [3.05, 3.63) is 30.1 Å². The highest BCUT2D eigenvalue weighted by Gasteiger charge is 2.32. The summed E-state index contributed by atoms with van der Waals surface area (Å²) in [4.78, 5) is 14.8. The van der Waals surface area contributed by atoms with Crippen molar-refractivity contribution in [1.82, 2.24) is 25.1 Å². The maximum Gasteiger partial charge on any atom is 0.254 e. The van der Waals surface area contributed by atoms with E-state index in [2.05, 4.69) is 29.4 Å². The van der Waals surface area contributed by atoms with Gasteiger partial charge >= 0.3 is 0 Å². The number of carbonyl (C=O) groups is 1. The third-order valence-corrected chi connectivity index (χ3v) is 4.21. The molecule has 1 aliphatic heterocycles. The van der Waals surface area contributed by atoms with E-state index in [0.29, 0.717) is 17.0 Å². The van der Waals surface area contributed by atoms with E-state index in [1.807, 2.05) is 4.90 Å². The number of benzene rings is 1. The van der Waals surface area contributed by atoms with Crippen LogP contribution in [0.15, 0.2) is 24.5 Å². The molecule has 0 aliphatic carbocycles. The number of likely N-dealkylation sites (tertiary alicyclic amines) is 1. The monoisotopic (exact) mass is 301 g/mol. The van der Waals surface area contributed by atoms with Crippen LogP contribution in [0.1, 0.15) is 37.0 Å². The van der Waals surface area contributed by atoms with Gasteiger partial charge in [0.05, 0.1) is 7.11 Å². The average molecular weight is 301 g/mol. The zero-order valence-corrected chi connectivity index (χ0v) is 12.9. The first-order valence-electron chi connectivity index (χ1n) is 7.36. The molecular formula is C15H19N5O2. The van der Waals surface area contributed by atoms with Crippen molar-refractivity contribution in [3.8, 4) is 11.4 Å². The standard InChI is InChI=1S/C15H19N5O2/c1-10-4-5-11(2)20(10)15(21)12-6-7-14(22-3)13(8-12)19-9-16-17-18-19/h6-11H,4-5H2,1-3H3/t10-,11-/m0/s1. The highest BCUT2D eigenvalue weighted by Crippen LogP contribution is 2.28. The Morgan fingerprint density at radius 2 is 2.00 bits per heavy atom. The molecule has 0 saturated carbocycles. The van der Waals surface area contributed by atoms with Crippen molar-refractivity contribution in [1.29, 1.82) is 0 Å². The number of methoxy groups -OCH3 is 1. The van der Waals surface area contributed by atoms with Gasteiger partial charge in [-0.1, -0.05) is 0 Å². The third kappa shape index (κ3) is 2.43. The molecule has 1 amide bonds. The minimum Gasteiger partial charge on any atom is -0.494 e. The highest BCUT2D eigenvalue weighted by molar-refractivity contribution is 5.95. The van der Waals surface area contributed by atoms with Crippen LogP contribution < -0.4 is 4.74 Å². The van der Waals surface area contributed by atoms with E-state index < -0.39 is 0 Å². The Kier molecular flexibility index (Phi) is 3.79. The Labute approximate surface area is 128 Å². The summed E-state index contributed by atoms with van der Waals surface area (Å²) < 4.78 is 6.82. The molecule has 2 aromatic rings. The minimum absolute atomic E-state index is 0.0366. The molecule has 7 heteroatoms. The summed E-state index contributed by atoms with van der Waals surface area (Å²) in [6.07, 6.45) is 3.57. The van der Waals surface area contributed by atoms with E-state index in [4.69, 9.17) is 4.74 Å². The Hall–Kier alpha value is -2.44.